The van der Waals surface area contributed by atoms with Gasteiger partial charge in [0.25, 0.3) is 0 Å². The van der Waals surface area contributed by atoms with E-state index in [2.05, 4.69) is 11.9 Å². The molecule has 2 heterocycles. The minimum Gasteiger partial charge on any atom is -0.330 e. The second kappa shape index (κ2) is 6.65. The Hall–Kier alpha value is -0.980. The first-order valence-electron chi connectivity index (χ1n) is 7.10. The molecule has 0 spiro atoms. The molecule has 1 aliphatic heterocycles. The number of piperidine rings is 1. The molecule has 1 aliphatic rings. The fraction of sp³-hybridized carbons (Fsp3) is 0.643. The van der Waals surface area contributed by atoms with Crippen LogP contribution in [0.5, 0.6) is 0 Å². The summed E-state index contributed by atoms with van der Waals surface area (Å²) in [6, 6.07) is 5.56. The average molecular weight is 297 g/mol. The van der Waals surface area contributed by atoms with Gasteiger partial charge in [-0.1, -0.05) is 13.0 Å². The smallest absolute Gasteiger partial charge is 0.214 e. The zero-order valence-electron chi connectivity index (χ0n) is 11.9. The molecule has 2 unspecified atom stereocenters. The van der Waals surface area contributed by atoms with Gasteiger partial charge in [-0.3, -0.25) is 4.98 Å². The van der Waals surface area contributed by atoms with Gasteiger partial charge in [0, 0.05) is 31.4 Å². The number of aryl methyl sites for hydroxylation is 1. The van der Waals surface area contributed by atoms with Crippen molar-refractivity contribution >= 4 is 10.0 Å². The molecule has 1 aromatic heterocycles. The molecule has 1 aromatic rings. The highest BCUT2D eigenvalue weighted by molar-refractivity contribution is 7.89. The summed E-state index contributed by atoms with van der Waals surface area (Å²) < 4.78 is 26.4. The third kappa shape index (κ3) is 3.77. The topological polar surface area (TPSA) is 76.3 Å². The van der Waals surface area contributed by atoms with Gasteiger partial charge in [0.15, 0.2) is 0 Å². The van der Waals surface area contributed by atoms with Crippen molar-refractivity contribution in [2.24, 2.45) is 17.6 Å². The first kappa shape index (κ1) is 15.4. The molecule has 1 saturated heterocycles. The van der Waals surface area contributed by atoms with Crippen molar-refractivity contribution in [3.05, 3.63) is 30.1 Å². The molecule has 6 heteroatoms. The highest BCUT2D eigenvalue weighted by Crippen LogP contribution is 2.24. The zero-order chi connectivity index (χ0) is 14.6. The fourth-order valence-electron chi connectivity index (χ4n) is 2.58. The van der Waals surface area contributed by atoms with Crippen LogP contribution < -0.4 is 5.73 Å². The van der Waals surface area contributed by atoms with Gasteiger partial charge in [-0.25, -0.2) is 12.7 Å². The van der Waals surface area contributed by atoms with Crippen LogP contribution in [0.15, 0.2) is 24.4 Å². The van der Waals surface area contributed by atoms with Gasteiger partial charge in [0.1, 0.15) is 0 Å². The van der Waals surface area contributed by atoms with Crippen molar-refractivity contribution in [1.82, 2.24) is 9.29 Å². The Kier molecular flexibility index (Phi) is 5.12. The number of hydrogen-bond acceptors (Lipinski definition) is 4. The molecular formula is C14H23N3O2S. The molecule has 2 N–H and O–H groups in total. The van der Waals surface area contributed by atoms with Gasteiger partial charge in [-0.15, -0.1) is 0 Å². The Morgan fingerprint density at radius 3 is 2.90 bits per heavy atom. The van der Waals surface area contributed by atoms with E-state index >= 15 is 0 Å². The molecule has 112 valence electrons. The SMILES string of the molecule is CC1CCN(S(=O)(=O)CCc2ccccn2)CC1CN. The third-order valence-electron chi connectivity index (χ3n) is 4.12. The van der Waals surface area contributed by atoms with Gasteiger partial charge in [-0.05, 0) is 36.9 Å². The van der Waals surface area contributed by atoms with Gasteiger partial charge < -0.3 is 5.73 Å². The Morgan fingerprint density at radius 2 is 2.25 bits per heavy atom. The summed E-state index contributed by atoms with van der Waals surface area (Å²) in [7, 11) is -3.21. The van der Waals surface area contributed by atoms with E-state index in [0.29, 0.717) is 32.0 Å². The monoisotopic (exact) mass is 297 g/mol. The number of pyridine rings is 1. The first-order valence-corrected chi connectivity index (χ1v) is 8.71. The van der Waals surface area contributed by atoms with E-state index in [1.54, 1.807) is 10.5 Å². The summed E-state index contributed by atoms with van der Waals surface area (Å²) >= 11 is 0. The molecule has 0 aromatic carbocycles. The molecule has 0 amide bonds. The fourth-order valence-corrected chi connectivity index (χ4v) is 4.11. The lowest BCUT2D eigenvalue weighted by Gasteiger charge is -2.35. The summed E-state index contributed by atoms with van der Waals surface area (Å²) in [5.74, 6) is 0.894. The summed E-state index contributed by atoms with van der Waals surface area (Å²) in [5.41, 5.74) is 6.55. The maximum Gasteiger partial charge on any atom is 0.214 e. The van der Waals surface area contributed by atoms with Crippen LogP contribution in [-0.4, -0.2) is 43.1 Å². The maximum absolute atomic E-state index is 12.4. The van der Waals surface area contributed by atoms with Crippen LogP contribution in [0.3, 0.4) is 0 Å². The minimum absolute atomic E-state index is 0.121. The summed E-state index contributed by atoms with van der Waals surface area (Å²) in [4.78, 5) is 4.17. The lowest BCUT2D eigenvalue weighted by molar-refractivity contribution is 0.203. The van der Waals surface area contributed by atoms with Crippen LogP contribution in [0.25, 0.3) is 0 Å². The van der Waals surface area contributed by atoms with Gasteiger partial charge >= 0.3 is 0 Å². The van der Waals surface area contributed by atoms with Crippen molar-refractivity contribution in [3.8, 4) is 0 Å². The quantitative estimate of drug-likeness (QED) is 0.875. The molecule has 5 nitrogen and oxygen atoms in total. The van der Waals surface area contributed by atoms with Crippen molar-refractivity contribution < 1.29 is 8.42 Å². The van der Waals surface area contributed by atoms with Crippen LogP contribution in [0, 0.1) is 11.8 Å². The zero-order valence-corrected chi connectivity index (χ0v) is 12.7. The van der Waals surface area contributed by atoms with Crippen molar-refractivity contribution in [2.75, 3.05) is 25.4 Å². The Bertz CT molecular complexity index is 518. The standard InChI is InChI=1S/C14H23N3O2S/c1-12-5-8-17(11-13(12)10-15)20(18,19)9-6-14-4-2-3-7-16-14/h2-4,7,12-13H,5-6,8-11,15H2,1H3. The number of sulfonamides is 1. The van der Waals surface area contributed by atoms with Gasteiger partial charge in [0.2, 0.25) is 10.0 Å². The van der Waals surface area contributed by atoms with Crippen LogP contribution in [-0.2, 0) is 16.4 Å². The van der Waals surface area contributed by atoms with Crippen molar-refractivity contribution in [3.63, 3.8) is 0 Å². The second-order valence-electron chi connectivity index (χ2n) is 5.51. The molecule has 0 aliphatic carbocycles. The maximum atomic E-state index is 12.4. The van der Waals surface area contributed by atoms with E-state index in [-0.39, 0.29) is 11.7 Å². The number of nitrogens with zero attached hydrogens (tertiary/aromatic N) is 2. The third-order valence-corrected chi connectivity index (χ3v) is 5.95. The van der Waals surface area contributed by atoms with E-state index in [1.807, 2.05) is 18.2 Å². The molecular weight excluding hydrogens is 274 g/mol. The average Bonchev–Trinajstić information content (AvgIpc) is 2.46. The highest BCUT2D eigenvalue weighted by Gasteiger charge is 2.31. The van der Waals surface area contributed by atoms with Crippen LogP contribution in [0.1, 0.15) is 19.0 Å². The predicted octanol–water partition coefficient (Wildman–Crippen LogP) is 0.871. The molecule has 1 fully saturated rings. The highest BCUT2D eigenvalue weighted by atomic mass is 32.2. The molecule has 2 atom stereocenters. The van der Waals surface area contributed by atoms with Crippen molar-refractivity contribution in [2.45, 2.75) is 19.8 Å². The number of hydrogen-bond donors (Lipinski definition) is 1. The Morgan fingerprint density at radius 1 is 1.45 bits per heavy atom. The van der Waals surface area contributed by atoms with Gasteiger partial charge in [0.05, 0.1) is 5.75 Å². The molecule has 0 radical (unpaired) electrons. The van der Waals surface area contributed by atoms with Crippen LogP contribution in [0.2, 0.25) is 0 Å². The number of aromatic nitrogens is 1. The van der Waals surface area contributed by atoms with Crippen molar-refractivity contribution in [1.29, 1.82) is 0 Å². The van der Waals surface area contributed by atoms with E-state index in [9.17, 15) is 8.42 Å². The number of nitrogens with two attached hydrogens (primary N) is 1. The molecule has 0 saturated carbocycles. The first-order chi connectivity index (χ1) is 9.53. The summed E-state index contributed by atoms with van der Waals surface area (Å²) in [5, 5.41) is 0. The summed E-state index contributed by atoms with van der Waals surface area (Å²) in [6.45, 7) is 3.87. The van der Waals surface area contributed by atoms with E-state index in [0.717, 1.165) is 12.1 Å². The van der Waals surface area contributed by atoms with E-state index < -0.39 is 10.0 Å². The normalized spacial score (nSPS) is 24.7. The lowest BCUT2D eigenvalue weighted by atomic mass is 9.88. The molecule has 0 bridgehead atoms. The second-order valence-corrected chi connectivity index (χ2v) is 7.60. The molecule has 20 heavy (non-hydrogen) atoms. The van der Waals surface area contributed by atoms with E-state index in [4.69, 9.17) is 5.73 Å². The number of rotatable bonds is 5. The molecule has 2 rings (SSSR count). The predicted molar refractivity (Wildman–Crippen MR) is 79.6 cm³/mol. The van der Waals surface area contributed by atoms with Crippen LogP contribution in [0.4, 0.5) is 0 Å². The largest absolute Gasteiger partial charge is 0.330 e. The minimum atomic E-state index is -3.21. The lowest BCUT2D eigenvalue weighted by Crippen LogP contribution is -2.46. The van der Waals surface area contributed by atoms with Gasteiger partial charge in [-0.2, -0.15) is 0 Å². The Labute approximate surface area is 121 Å². The Balaban J connectivity index is 1.96. The van der Waals surface area contributed by atoms with E-state index in [1.165, 1.54) is 0 Å². The van der Waals surface area contributed by atoms with Crippen LogP contribution >= 0.6 is 0 Å². The summed E-state index contributed by atoms with van der Waals surface area (Å²) in [6.07, 6.45) is 3.04.